The first-order valence-electron chi connectivity index (χ1n) is 6.07. The highest BCUT2D eigenvalue weighted by Crippen LogP contribution is 2.43. The van der Waals surface area contributed by atoms with Gasteiger partial charge in [0.1, 0.15) is 0 Å². The van der Waals surface area contributed by atoms with Crippen molar-refractivity contribution in [1.82, 2.24) is 0 Å². The summed E-state index contributed by atoms with van der Waals surface area (Å²) in [5.74, 6) is 0.458. The summed E-state index contributed by atoms with van der Waals surface area (Å²) in [6, 6.07) is 8.94. The Hall–Kier alpha value is -2.02. The van der Waals surface area contributed by atoms with E-state index in [0.717, 1.165) is 0 Å². The Balaban J connectivity index is 1.97. The van der Waals surface area contributed by atoms with Gasteiger partial charge >= 0.3 is 0 Å². The van der Waals surface area contributed by atoms with Crippen LogP contribution in [0.3, 0.4) is 0 Å². The maximum atomic E-state index is 3.57. The van der Waals surface area contributed by atoms with E-state index >= 15 is 0 Å². The van der Waals surface area contributed by atoms with Gasteiger partial charge in [0.25, 0.3) is 0 Å². The van der Waals surface area contributed by atoms with Crippen LogP contribution in [0.25, 0.3) is 5.57 Å². The quantitative estimate of drug-likeness (QED) is 0.658. The molecular formula is C16H13N. The summed E-state index contributed by atoms with van der Waals surface area (Å²) in [7, 11) is 0. The van der Waals surface area contributed by atoms with Crippen LogP contribution in [0.4, 0.5) is 5.69 Å². The van der Waals surface area contributed by atoms with Gasteiger partial charge in [-0.15, -0.1) is 0 Å². The molecule has 1 heteroatoms. The average molecular weight is 219 g/mol. The molecule has 1 aromatic carbocycles. The van der Waals surface area contributed by atoms with Crippen molar-refractivity contribution >= 4 is 11.3 Å². The normalized spacial score (nSPS) is 27.5. The number of benzene rings is 1. The molecule has 0 spiro atoms. The molecule has 1 N–H and O–H groups in total. The van der Waals surface area contributed by atoms with Gasteiger partial charge in [-0.3, -0.25) is 0 Å². The van der Waals surface area contributed by atoms with E-state index in [1.807, 2.05) is 0 Å². The summed E-state index contributed by atoms with van der Waals surface area (Å²) in [5.41, 5.74) is 5.52. The molecule has 2 atom stereocenters. The first kappa shape index (κ1) is 9.06. The summed E-state index contributed by atoms with van der Waals surface area (Å²) in [4.78, 5) is 0. The van der Waals surface area contributed by atoms with Gasteiger partial charge < -0.3 is 5.32 Å². The zero-order valence-corrected chi connectivity index (χ0v) is 9.43. The molecule has 1 heterocycles. The first-order valence-corrected chi connectivity index (χ1v) is 6.07. The molecule has 4 rings (SSSR count). The molecule has 1 aliphatic heterocycles. The van der Waals surface area contributed by atoms with Crippen molar-refractivity contribution in [2.45, 2.75) is 6.04 Å². The SMILES string of the molecule is C1=CC2=C3c4ccccc4NC3C=CC2C=C1. The van der Waals surface area contributed by atoms with Crippen LogP contribution in [0.5, 0.6) is 0 Å². The Labute approximate surface area is 101 Å². The number of para-hydroxylation sites is 1. The maximum Gasteiger partial charge on any atom is 0.0708 e. The monoisotopic (exact) mass is 219 g/mol. The molecule has 0 saturated carbocycles. The minimum absolute atomic E-state index is 0.356. The molecule has 17 heavy (non-hydrogen) atoms. The van der Waals surface area contributed by atoms with Crippen LogP contribution in [0.2, 0.25) is 0 Å². The zero-order valence-electron chi connectivity index (χ0n) is 9.43. The summed E-state index contributed by atoms with van der Waals surface area (Å²) in [6.45, 7) is 0. The van der Waals surface area contributed by atoms with Gasteiger partial charge in [-0.2, -0.15) is 0 Å². The number of hydrogen-bond donors (Lipinski definition) is 1. The fourth-order valence-corrected chi connectivity index (χ4v) is 2.96. The molecule has 1 nitrogen and oxygen atoms in total. The van der Waals surface area contributed by atoms with Crippen molar-refractivity contribution in [2.24, 2.45) is 5.92 Å². The molecule has 0 fully saturated rings. The molecule has 0 aromatic heterocycles. The Morgan fingerprint density at radius 1 is 0.941 bits per heavy atom. The highest BCUT2D eigenvalue weighted by molar-refractivity contribution is 5.92. The Bertz CT molecular complexity index is 602. The predicted molar refractivity (Wildman–Crippen MR) is 71.7 cm³/mol. The topological polar surface area (TPSA) is 12.0 Å². The first-order chi connectivity index (χ1) is 8.43. The van der Waals surface area contributed by atoms with Gasteiger partial charge in [0.2, 0.25) is 0 Å². The third kappa shape index (κ3) is 1.19. The smallest absolute Gasteiger partial charge is 0.0708 e. The molecule has 0 amide bonds. The Morgan fingerprint density at radius 3 is 2.88 bits per heavy atom. The van der Waals surface area contributed by atoms with Crippen LogP contribution in [0.1, 0.15) is 5.56 Å². The Morgan fingerprint density at radius 2 is 1.88 bits per heavy atom. The molecule has 0 radical (unpaired) electrons. The highest BCUT2D eigenvalue weighted by Gasteiger charge is 2.30. The van der Waals surface area contributed by atoms with E-state index in [1.165, 1.54) is 22.4 Å². The lowest BCUT2D eigenvalue weighted by molar-refractivity contribution is 0.942. The molecule has 0 bridgehead atoms. The third-order valence-corrected chi connectivity index (χ3v) is 3.73. The summed E-state index contributed by atoms with van der Waals surface area (Å²) in [6.07, 6.45) is 13.4. The van der Waals surface area contributed by atoms with Gasteiger partial charge in [0, 0.05) is 17.2 Å². The second-order valence-corrected chi connectivity index (χ2v) is 4.69. The summed E-state index contributed by atoms with van der Waals surface area (Å²) >= 11 is 0. The number of rotatable bonds is 0. The predicted octanol–water partition coefficient (Wildman–Crippen LogP) is 3.55. The van der Waals surface area contributed by atoms with E-state index in [0.29, 0.717) is 12.0 Å². The number of allylic oxidation sites excluding steroid dienone is 6. The minimum atomic E-state index is 0.356. The minimum Gasteiger partial charge on any atom is -0.374 e. The summed E-state index contributed by atoms with van der Waals surface area (Å²) < 4.78 is 0. The van der Waals surface area contributed by atoms with E-state index < -0.39 is 0 Å². The van der Waals surface area contributed by atoms with Gasteiger partial charge in [-0.05, 0) is 17.2 Å². The molecular weight excluding hydrogens is 206 g/mol. The fourth-order valence-electron chi connectivity index (χ4n) is 2.96. The van der Waals surface area contributed by atoms with Crippen LogP contribution in [0.15, 0.2) is 66.3 Å². The van der Waals surface area contributed by atoms with Crippen LogP contribution in [0, 0.1) is 5.92 Å². The number of nitrogens with one attached hydrogen (secondary N) is 1. The van der Waals surface area contributed by atoms with Crippen molar-refractivity contribution < 1.29 is 0 Å². The number of hydrogen-bond acceptors (Lipinski definition) is 1. The van der Waals surface area contributed by atoms with Crippen molar-refractivity contribution in [3.05, 3.63) is 71.9 Å². The standard InChI is InChI=1S/C16H13N/c1-2-6-12-11(5-1)9-10-15-16(12)13-7-3-4-8-14(13)17-15/h1-11,15,17H. The largest absolute Gasteiger partial charge is 0.374 e. The van der Waals surface area contributed by atoms with Crippen molar-refractivity contribution in [3.8, 4) is 0 Å². The van der Waals surface area contributed by atoms with E-state index in [9.17, 15) is 0 Å². The van der Waals surface area contributed by atoms with E-state index in [2.05, 4.69) is 66.0 Å². The molecule has 3 aliphatic rings. The van der Waals surface area contributed by atoms with Crippen molar-refractivity contribution in [1.29, 1.82) is 0 Å². The highest BCUT2D eigenvalue weighted by atomic mass is 15.0. The molecule has 2 unspecified atom stereocenters. The number of anilines is 1. The van der Waals surface area contributed by atoms with Crippen molar-refractivity contribution in [2.75, 3.05) is 5.32 Å². The van der Waals surface area contributed by atoms with E-state index in [4.69, 9.17) is 0 Å². The fraction of sp³-hybridized carbons (Fsp3) is 0.125. The maximum absolute atomic E-state index is 3.57. The van der Waals surface area contributed by atoms with E-state index in [-0.39, 0.29) is 0 Å². The van der Waals surface area contributed by atoms with Gasteiger partial charge in [-0.1, -0.05) is 54.7 Å². The Kier molecular flexibility index (Phi) is 1.72. The lowest BCUT2D eigenvalue weighted by Crippen LogP contribution is -2.18. The van der Waals surface area contributed by atoms with Gasteiger partial charge in [0.05, 0.1) is 6.04 Å². The lowest BCUT2D eigenvalue weighted by atomic mass is 9.82. The van der Waals surface area contributed by atoms with E-state index in [1.54, 1.807) is 0 Å². The second-order valence-electron chi connectivity index (χ2n) is 4.69. The van der Waals surface area contributed by atoms with Crippen LogP contribution >= 0.6 is 0 Å². The molecule has 2 aliphatic carbocycles. The van der Waals surface area contributed by atoms with Gasteiger partial charge in [0.15, 0.2) is 0 Å². The van der Waals surface area contributed by atoms with Crippen molar-refractivity contribution in [3.63, 3.8) is 0 Å². The second kappa shape index (κ2) is 3.24. The third-order valence-electron chi connectivity index (χ3n) is 3.73. The zero-order chi connectivity index (χ0) is 11.2. The van der Waals surface area contributed by atoms with Crippen LogP contribution in [-0.4, -0.2) is 6.04 Å². The lowest BCUT2D eigenvalue weighted by Gasteiger charge is -2.24. The van der Waals surface area contributed by atoms with Gasteiger partial charge in [-0.25, -0.2) is 0 Å². The molecule has 0 saturated heterocycles. The number of fused-ring (bicyclic) bond motifs is 4. The van der Waals surface area contributed by atoms with Crippen LogP contribution in [-0.2, 0) is 0 Å². The summed E-state index contributed by atoms with van der Waals surface area (Å²) in [5, 5.41) is 3.57. The average Bonchev–Trinajstić information content (AvgIpc) is 2.77. The molecule has 1 aromatic rings. The van der Waals surface area contributed by atoms with Crippen LogP contribution < -0.4 is 5.32 Å². The molecule has 82 valence electrons.